The lowest BCUT2D eigenvalue weighted by atomic mass is 9.49. The monoisotopic (exact) mass is 317 g/mol. The van der Waals surface area contributed by atoms with Gasteiger partial charge in [0, 0.05) is 17.5 Å². The van der Waals surface area contributed by atoms with Gasteiger partial charge in [0.1, 0.15) is 0 Å². The van der Waals surface area contributed by atoms with Crippen LogP contribution in [0.25, 0.3) is 0 Å². The number of rotatable bonds is 1. The van der Waals surface area contributed by atoms with E-state index in [1.165, 1.54) is 0 Å². The molecule has 4 heteroatoms. The molecule has 1 unspecified atom stereocenters. The van der Waals surface area contributed by atoms with Crippen LogP contribution in [0.15, 0.2) is 11.8 Å². The molecule has 1 amide bonds. The summed E-state index contributed by atoms with van der Waals surface area (Å²) in [7, 11) is 0. The Labute approximate surface area is 137 Å². The van der Waals surface area contributed by atoms with Gasteiger partial charge in [-0.2, -0.15) is 0 Å². The van der Waals surface area contributed by atoms with Gasteiger partial charge < -0.3 is 10.4 Å². The van der Waals surface area contributed by atoms with Crippen molar-refractivity contribution in [2.45, 2.75) is 58.8 Å². The second-order valence-corrected chi connectivity index (χ2v) is 8.71. The minimum atomic E-state index is -0.600. The number of hydrogen-bond acceptors (Lipinski definition) is 2. The van der Waals surface area contributed by atoms with Crippen LogP contribution in [0, 0.1) is 34.5 Å². The third kappa shape index (κ3) is 1.96. The van der Waals surface area contributed by atoms with Crippen LogP contribution >= 0.6 is 0 Å². The Kier molecular flexibility index (Phi) is 3.20. The summed E-state index contributed by atoms with van der Waals surface area (Å²) in [5.74, 6) is 1.08. The van der Waals surface area contributed by atoms with Crippen LogP contribution in [0.2, 0.25) is 0 Å². The van der Waals surface area contributed by atoms with E-state index in [1.54, 1.807) is 0 Å². The fraction of sp³-hybridized carbons (Fsp3) is 0.789. The molecule has 0 radical (unpaired) electrons. The number of piperidine rings is 1. The maximum atomic E-state index is 11.8. The molecule has 6 atom stereocenters. The molecule has 23 heavy (non-hydrogen) atoms. The van der Waals surface area contributed by atoms with Crippen molar-refractivity contribution in [3.63, 3.8) is 0 Å². The highest BCUT2D eigenvalue weighted by atomic mass is 16.4. The first-order valence-electron chi connectivity index (χ1n) is 9.09. The number of carbonyl (C=O) groups excluding carboxylic acids is 1. The molecule has 126 valence electrons. The van der Waals surface area contributed by atoms with E-state index in [-0.39, 0.29) is 22.7 Å². The van der Waals surface area contributed by atoms with Gasteiger partial charge in [-0.1, -0.05) is 19.9 Å². The Balaban J connectivity index is 1.67. The molecular weight excluding hydrogens is 290 g/mol. The minimum absolute atomic E-state index is 0.0351. The number of hydrogen-bond donors (Lipinski definition) is 2. The zero-order valence-electron chi connectivity index (χ0n) is 14.1. The van der Waals surface area contributed by atoms with Crippen molar-refractivity contribution in [3.05, 3.63) is 11.8 Å². The molecule has 0 aromatic heterocycles. The van der Waals surface area contributed by atoms with Crippen molar-refractivity contribution in [1.29, 1.82) is 0 Å². The summed E-state index contributed by atoms with van der Waals surface area (Å²) in [4.78, 5) is 23.4. The summed E-state index contributed by atoms with van der Waals surface area (Å²) in [6, 6.07) is 0. The second-order valence-electron chi connectivity index (χ2n) is 8.71. The Hall–Kier alpha value is -1.32. The molecule has 4 nitrogen and oxygen atoms in total. The predicted octanol–water partition coefficient (Wildman–Crippen LogP) is 3.33. The molecule has 2 saturated carbocycles. The van der Waals surface area contributed by atoms with Gasteiger partial charge in [-0.05, 0) is 61.7 Å². The van der Waals surface area contributed by atoms with Crippen molar-refractivity contribution >= 4 is 11.9 Å². The number of carbonyl (C=O) groups is 2. The third-order valence-electron chi connectivity index (χ3n) is 7.91. The van der Waals surface area contributed by atoms with E-state index in [4.69, 9.17) is 0 Å². The van der Waals surface area contributed by atoms with Gasteiger partial charge in [0.2, 0.25) is 5.91 Å². The number of carboxylic acids is 1. The summed E-state index contributed by atoms with van der Waals surface area (Å²) >= 11 is 0. The van der Waals surface area contributed by atoms with Crippen LogP contribution in [0.1, 0.15) is 58.8 Å². The fourth-order valence-electron chi connectivity index (χ4n) is 6.60. The molecule has 2 N–H and O–H groups in total. The fourth-order valence-corrected chi connectivity index (χ4v) is 6.60. The van der Waals surface area contributed by atoms with Crippen molar-refractivity contribution in [2.75, 3.05) is 0 Å². The third-order valence-corrected chi connectivity index (χ3v) is 7.91. The number of nitrogens with one attached hydrogen (secondary N) is 1. The molecular formula is C19H27NO3. The molecule has 4 aliphatic rings. The van der Waals surface area contributed by atoms with Crippen LogP contribution < -0.4 is 5.32 Å². The summed E-state index contributed by atoms with van der Waals surface area (Å²) in [5.41, 5.74) is 1.19. The predicted molar refractivity (Wildman–Crippen MR) is 86.4 cm³/mol. The quantitative estimate of drug-likeness (QED) is 0.779. The zero-order chi connectivity index (χ0) is 16.4. The van der Waals surface area contributed by atoms with E-state index in [2.05, 4.69) is 25.2 Å². The first kappa shape index (κ1) is 15.2. The maximum absolute atomic E-state index is 11.8. The van der Waals surface area contributed by atoms with Crippen LogP contribution in [0.4, 0.5) is 0 Å². The minimum Gasteiger partial charge on any atom is -0.481 e. The lowest BCUT2D eigenvalue weighted by molar-refractivity contribution is -0.149. The van der Waals surface area contributed by atoms with Gasteiger partial charge in [0.25, 0.3) is 0 Å². The highest BCUT2D eigenvalue weighted by molar-refractivity contribution is 5.79. The highest BCUT2D eigenvalue weighted by Crippen LogP contribution is 2.65. The van der Waals surface area contributed by atoms with E-state index in [0.717, 1.165) is 44.2 Å². The number of aliphatic carboxylic acids is 1. The summed E-state index contributed by atoms with van der Waals surface area (Å²) in [5, 5.41) is 12.7. The summed E-state index contributed by atoms with van der Waals surface area (Å²) in [6.45, 7) is 4.55. The van der Waals surface area contributed by atoms with Crippen molar-refractivity contribution in [2.24, 2.45) is 34.5 Å². The van der Waals surface area contributed by atoms with E-state index < -0.39 is 5.97 Å². The maximum Gasteiger partial charge on any atom is 0.307 e. The largest absolute Gasteiger partial charge is 0.481 e. The van der Waals surface area contributed by atoms with Crippen LogP contribution in [-0.2, 0) is 9.59 Å². The second kappa shape index (κ2) is 4.84. The Bertz CT molecular complexity index is 597. The van der Waals surface area contributed by atoms with Crippen LogP contribution in [0.3, 0.4) is 0 Å². The molecule has 0 aromatic rings. The number of fused-ring (bicyclic) bond motifs is 5. The Morgan fingerprint density at radius 1 is 1.22 bits per heavy atom. The normalized spacial score (nSPS) is 48.6. The smallest absolute Gasteiger partial charge is 0.307 e. The van der Waals surface area contributed by atoms with Crippen molar-refractivity contribution in [1.82, 2.24) is 5.32 Å². The topological polar surface area (TPSA) is 66.4 Å². The average molecular weight is 317 g/mol. The molecule has 0 bridgehead atoms. The van der Waals surface area contributed by atoms with Crippen LogP contribution in [-0.4, -0.2) is 17.0 Å². The first-order chi connectivity index (χ1) is 10.9. The molecule has 3 aliphatic carbocycles. The van der Waals surface area contributed by atoms with E-state index >= 15 is 0 Å². The van der Waals surface area contributed by atoms with E-state index in [0.29, 0.717) is 24.2 Å². The van der Waals surface area contributed by atoms with Gasteiger partial charge in [-0.3, -0.25) is 9.59 Å². The SMILES string of the molecule is C[C@]12CCC(=O)NC1=CC[C@@H]1[C@H]2CC[C@]2(C)C(C(=O)O)CC[C@@H]12. The molecule has 3 fully saturated rings. The lowest BCUT2D eigenvalue weighted by Crippen LogP contribution is -2.53. The number of amides is 1. The van der Waals surface area contributed by atoms with Crippen molar-refractivity contribution < 1.29 is 14.7 Å². The highest BCUT2D eigenvalue weighted by Gasteiger charge is 2.60. The number of carboxylic acid groups (broad SMARTS) is 1. The average Bonchev–Trinajstić information content (AvgIpc) is 2.85. The molecule has 1 heterocycles. The zero-order valence-corrected chi connectivity index (χ0v) is 14.1. The van der Waals surface area contributed by atoms with Gasteiger partial charge in [-0.15, -0.1) is 0 Å². The molecule has 1 aliphatic heterocycles. The summed E-state index contributed by atoms with van der Waals surface area (Å²) in [6.07, 6.45) is 8.83. The first-order valence-corrected chi connectivity index (χ1v) is 9.09. The van der Waals surface area contributed by atoms with Gasteiger partial charge in [-0.25, -0.2) is 0 Å². The van der Waals surface area contributed by atoms with E-state index in [9.17, 15) is 14.7 Å². The standard InChI is InChI=1S/C19H27NO3/c1-18-9-7-13-11(12(18)4-5-14(18)17(22)23)3-6-15-19(13,2)10-8-16(21)20-15/h6,11-14H,3-5,7-10H2,1-2H3,(H,20,21)(H,22,23)/t11-,12-,13+,14?,18-,19+/m0/s1. The lowest BCUT2D eigenvalue weighted by Gasteiger charge is -2.56. The van der Waals surface area contributed by atoms with Crippen LogP contribution in [0.5, 0.6) is 0 Å². The van der Waals surface area contributed by atoms with E-state index in [1.807, 2.05) is 0 Å². The molecule has 1 saturated heterocycles. The van der Waals surface area contributed by atoms with Crippen molar-refractivity contribution in [3.8, 4) is 0 Å². The number of allylic oxidation sites excluding steroid dienone is 2. The summed E-state index contributed by atoms with van der Waals surface area (Å²) < 4.78 is 0. The van der Waals surface area contributed by atoms with Gasteiger partial charge in [0.15, 0.2) is 0 Å². The van der Waals surface area contributed by atoms with Gasteiger partial charge in [0.05, 0.1) is 5.92 Å². The Morgan fingerprint density at radius 3 is 2.74 bits per heavy atom. The molecule has 0 aromatic carbocycles. The van der Waals surface area contributed by atoms with Gasteiger partial charge >= 0.3 is 5.97 Å². The molecule has 4 rings (SSSR count). The Morgan fingerprint density at radius 2 is 2.00 bits per heavy atom. The molecule has 0 spiro atoms.